The standard InChI is InChI=1S/C19H23N5O2S2/c1-14-22-16(12-27-14)8-20-18-10-24(9-17(18)15-6-4-3-5-7-15)28(25,26)19-11-23(2)13-21-19/h3-7,11-13,17-18,20H,8-10H2,1-2H3. The Kier molecular flexibility index (Phi) is 5.33. The zero-order valence-electron chi connectivity index (χ0n) is 15.8. The Morgan fingerprint density at radius 1 is 1.25 bits per heavy atom. The quantitative estimate of drug-likeness (QED) is 0.665. The van der Waals surface area contributed by atoms with Gasteiger partial charge >= 0.3 is 0 Å². The molecule has 1 N–H and O–H groups in total. The first-order valence-electron chi connectivity index (χ1n) is 9.11. The predicted octanol–water partition coefficient (Wildman–Crippen LogP) is 2.13. The Hall–Kier alpha value is -2.07. The first-order valence-corrected chi connectivity index (χ1v) is 11.4. The van der Waals surface area contributed by atoms with Gasteiger partial charge < -0.3 is 9.88 Å². The third-order valence-electron chi connectivity index (χ3n) is 5.01. The topological polar surface area (TPSA) is 80.1 Å². The van der Waals surface area contributed by atoms with Gasteiger partial charge in [0.2, 0.25) is 0 Å². The lowest BCUT2D eigenvalue weighted by molar-refractivity contribution is 0.453. The highest BCUT2D eigenvalue weighted by Gasteiger charge is 2.40. The lowest BCUT2D eigenvalue weighted by atomic mass is 9.94. The van der Waals surface area contributed by atoms with Crippen LogP contribution in [0.4, 0.5) is 0 Å². The molecule has 2 atom stereocenters. The van der Waals surface area contributed by atoms with Crippen LogP contribution < -0.4 is 5.32 Å². The van der Waals surface area contributed by atoms with Crippen LogP contribution in [0.15, 0.2) is 53.3 Å². The predicted molar refractivity (Wildman–Crippen MR) is 109 cm³/mol. The van der Waals surface area contributed by atoms with Crippen molar-refractivity contribution < 1.29 is 8.42 Å². The molecule has 2 aromatic heterocycles. The number of aromatic nitrogens is 3. The number of aryl methyl sites for hydroxylation is 2. The summed E-state index contributed by atoms with van der Waals surface area (Å²) in [7, 11) is -1.86. The van der Waals surface area contributed by atoms with E-state index in [-0.39, 0.29) is 17.0 Å². The van der Waals surface area contributed by atoms with Crippen molar-refractivity contribution in [1.29, 1.82) is 0 Å². The largest absolute Gasteiger partial charge is 0.339 e. The molecule has 28 heavy (non-hydrogen) atoms. The molecule has 4 rings (SSSR count). The second-order valence-corrected chi connectivity index (χ2v) is 10.0. The molecule has 3 aromatic rings. The van der Waals surface area contributed by atoms with Gasteiger partial charge in [0.15, 0.2) is 5.03 Å². The SMILES string of the molecule is Cc1nc(CNC2CN(S(=O)(=O)c3cn(C)cn3)CC2c2ccccc2)cs1. The molecular formula is C19H23N5O2S2. The highest BCUT2D eigenvalue weighted by Crippen LogP contribution is 2.31. The van der Waals surface area contributed by atoms with Gasteiger partial charge in [-0.15, -0.1) is 11.3 Å². The Morgan fingerprint density at radius 2 is 2.04 bits per heavy atom. The number of thiazole rings is 1. The van der Waals surface area contributed by atoms with E-state index in [2.05, 4.69) is 27.4 Å². The Labute approximate surface area is 169 Å². The summed E-state index contributed by atoms with van der Waals surface area (Å²) in [4.78, 5) is 8.55. The lowest BCUT2D eigenvalue weighted by Crippen LogP contribution is -2.36. The molecule has 9 heteroatoms. The van der Waals surface area contributed by atoms with Gasteiger partial charge in [0.25, 0.3) is 10.0 Å². The van der Waals surface area contributed by atoms with Gasteiger partial charge in [0, 0.05) is 50.2 Å². The lowest BCUT2D eigenvalue weighted by Gasteiger charge is -2.19. The van der Waals surface area contributed by atoms with Gasteiger partial charge in [-0.2, -0.15) is 4.31 Å². The van der Waals surface area contributed by atoms with Crippen molar-refractivity contribution in [3.8, 4) is 0 Å². The zero-order valence-corrected chi connectivity index (χ0v) is 17.4. The molecule has 1 aliphatic heterocycles. The summed E-state index contributed by atoms with van der Waals surface area (Å²) in [6.45, 7) is 3.44. The van der Waals surface area contributed by atoms with E-state index in [1.807, 2.05) is 30.5 Å². The smallest absolute Gasteiger partial charge is 0.262 e. The van der Waals surface area contributed by atoms with Gasteiger partial charge in [0.05, 0.1) is 17.0 Å². The number of imidazole rings is 1. The summed E-state index contributed by atoms with van der Waals surface area (Å²) in [6.07, 6.45) is 3.06. The first kappa shape index (κ1) is 19.3. The van der Waals surface area contributed by atoms with Crippen LogP contribution >= 0.6 is 11.3 Å². The second-order valence-electron chi connectivity index (χ2n) is 7.06. The van der Waals surface area contributed by atoms with E-state index in [9.17, 15) is 8.42 Å². The minimum absolute atomic E-state index is 0.00268. The van der Waals surface area contributed by atoms with Gasteiger partial charge in [-0.25, -0.2) is 18.4 Å². The van der Waals surface area contributed by atoms with Gasteiger partial charge in [-0.3, -0.25) is 0 Å². The number of rotatable bonds is 6. The van der Waals surface area contributed by atoms with E-state index in [1.54, 1.807) is 29.1 Å². The normalized spacial score (nSPS) is 20.6. The summed E-state index contributed by atoms with van der Waals surface area (Å²) in [5.41, 5.74) is 2.12. The van der Waals surface area contributed by atoms with E-state index < -0.39 is 10.0 Å². The van der Waals surface area contributed by atoms with E-state index in [0.717, 1.165) is 16.3 Å². The number of hydrogen-bond acceptors (Lipinski definition) is 6. The maximum absolute atomic E-state index is 13.1. The van der Waals surface area contributed by atoms with Crippen molar-refractivity contribution in [1.82, 2.24) is 24.2 Å². The Bertz CT molecular complexity index is 1050. The first-order chi connectivity index (χ1) is 13.4. The molecule has 0 bridgehead atoms. The number of nitrogens with zero attached hydrogens (tertiary/aromatic N) is 4. The molecule has 7 nitrogen and oxygen atoms in total. The molecule has 0 amide bonds. The minimum Gasteiger partial charge on any atom is -0.339 e. The fourth-order valence-corrected chi connectivity index (χ4v) is 5.66. The molecule has 0 radical (unpaired) electrons. The molecule has 0 aliphatic carbocycles. The van der Waals surface area contributed by atoms with E-state index >= 15 is 0 Å². The Morgan fingerprint density at radius 3 is 2.68 bits per heavy atom. The van der Waals surface area contributed by atoms with Crippen LogP contribution in [0.3, 0.4) is 0 Å². The molecule has 0 saturated carbocycles. The number of sulfonamides is 1. The minimum atomic E-state index is -3.62. The van der Waals surface area contributed by atoms with Crippen LogP contribution in [0.2, 0.25) is 0 Å². The summed E-state index contributed by atoms with van der Waals surface area (Å²) < 4.78 is 29.3. The maximum Gasteiger partial charge on any atom is 0.262 e. The van der Waals surface area contributed by atoms with Crippen molar-refractivity contribution in [3.63, 3.8) is 0 Å². The molecule has 1 aliphatic rings. The van der Waals surface area contributed by atoms with Gasteiger partial charge in [0.1, 0.15) is 0 Å². The van der Waals surface area contributed by atoms with Crippen molar-refractivity contribution in [3.05, 3.63) is 64.5 Å². The summed E-state index contributed by atoms with van der Waals surface area (Å²) in [5, 5.41) is 6.69. The monoisotopic (exact) mass is 417 g/mol. The summed E-state index contributed by atoms with van der Waals surface area (Å²) >= 11 is 1.62. The molecule has 1 fully saturated rings. The zero-order chi connectivity index (χ0) is 19.7. The number of hydrogen-bond donors (Lipinski definition) is 1. The molecule has 1 saturated heterocycles. The molecule has 3 heterocycles. The van der Waals surface area contributed by atoms with Crippen molar-refractivity contribution in [2.24, 2.45) is 7.05 Å². The highest BCUT2D eigenvalue weighted by atomic mass is 32.2. The van der Waals surface area contributed by atoms with Crippen LogP contribution in [0.1, 0.15) is 22.2 Å². The second kappa shape index (κ2) is 7.75. The maximum atomic E-state index is 13.1. The van der Waals surface area contributed by atoms with Crippen molar-refractivity contribution in [2.75, 3.05) is 13.1 Å². The fraction of sp³-hybridized carbons (Fsp3) is 0.368. The van der Waals surface area contributed by atoms with Crippen molar-refractivity contribution in [2.45, 2.75) is 30.5 Å². The van der Waals surface area contributed by atoms with Crippen LogP contribution in [0.5, 0.6) is 0 Å². The van der Waals surface area contributed by atoms with Crippen molar-refractivity contribution >= 4 is 21.4 Å². The van der Waals surface area contributed by atoms with Crippen LogP contribution in [-0.2, 0) is 23.6 Å². The van der Waals surface area contributed by atoms with Crippen LogP contribution in [0, 0.1) is 6.92 Å². The highest BCUT2D eigenvalue weighted by molar-refractivity contribution is 7.89. The Balaban J connectivity index is 1.57. The van der Waals surface area contributed by atoms with E-state index in [0.29, 0.717) is 19.6 Å². The molecular weight excluding hydrogens is 394 g/mol. The van der Waals surface area contributed by atoms with Crippen LogP contribution in [-0.4, -0.2) is 46.4 Å². The molecule has 0 spiro atoms. The number of benzene rings is 1. The van der Waals surface area contributed by atoms with E-state index in [4.69, 9.17) is 0 Å². The molecule has 148 valence electrons. The van der Waals surface area contributed by atoms with Gasteiger partial charge in [-0.05, 0) is 12.5 Å². The van der Waals surface area contributed by atoms with E-state index in [1.165, 1.54) is 10.6 Å². The molecule has 1 aromatic carbocycles. The van der Waals surface area contributed by atoms with Gasteiger partial charge in [-0.1, -0.05) is 30.3 Å². The summed E-state index contributed by atoms with van der Waals surface area (Å²) in [5.74, 6) is 0.0689. The average Bonchev–Trinajstić information content (AvgIpc) is 3.40. The summed E-state index contributed by atoms with van der Waals surface area (Å²) in [6, 6.07) is 10.1. The molecule has 2 unspecified atom stereocenters. The fourth-order valence-electron chi connectivity index (χ4n) is 3.59. The van der Waals surface area contributed by atoms with Crippen LogP contribution in [0.25, 0.3) is 0 Å². The third kappa shape index (κ3) is 3.88. The third-order valence-corrected chi connectivity index (χ3v) is 7.55. The number of nitrogens with one attached hydrogen (secondary N) is 1. The average molecular weight is 418 g/mol.